The first-order valence-corrected chi connectivity index (χ1v) is 5.79. The molecule has 0 unspecified atom stereocenters. The van der Waals surface area contributed by atoms with E-state index in [-0.39, 0.29) is 0 Å². The van der Waals surface area contributed by atoms with E-state index in [0.717, 1.165) is 32.1 Å². The molecule has 0 atom stereocenters. The predicted octanol–water partition coefficient (Wildman–Crippen LogP) is 3.69. The molecule has 0 radical (unpaired) electrons. The molecular formula is C14H20O. The van der Waals surface area contributed by atoms with E-state index in [0.29, 0.717) is 5.78 Å². The Morgan fingerprint density at radius 1 is 1.13 bits per heavy atom. The fourth-order valence-corrected chi connectivity index (χ4v) is 1.65. The summed E-state index contributed by atoms with van der Waals surface area (Å²) >= 11 is 0. The van der Waals surface area contributed by atoms with Crippen molar-refractivity contribution in [2.75, 3.05) is 0 Å². The van der Waals surface area contributed by atoms with Crippen LogP contribution < -0.4 is 0 Å². The van der Waals surface area contributed by atoms with Gasteiger partial charge in [-0.2, -0.15) is 0 Å². The van der Waals surface area contributed by atoms with E-state index < -0.39 is 0 Å². The molecule has 0 saturated carbocycles. The number of Topliss-reactive ketones (excluding diaryl/α,β-unsaturated/α-hetero) is 1. The summed E-state index contributed by atoms with van der Waals surface area (Å²) in [7, 11) is 0. The normalized spacial score (nSPS) is 10.3. The van der Waals surface area contributed by atoms with Gasteiger partial charge >= 0.3 is 0 Å². The van der Waals surface area contributed by atoms with Gasteiger partial charge in [0.05, 0.1) is 0 Å². The summed E-state index contributed by atoms with van der Waals surface area (Å²) in [6.45, 7) is 4.15. The van der Waals surface area contributed by atoms with Gasteiger partial charge in [0.2, 0.25) is 0 Å². The van der Waals surface area contributed by atoms with Gasteiger partial charge in [-0.3, -0.25) is 4.79 Å². The number of carbonyl (C=O) groups excluding carboxylic acids is 1. The fourth-order valence-electron chi connectivity index (χ4n) is 1.65. The van der Waals surface area contributed by atoms with Gasteiger partial charge in [-0.25, -0.2) is 0 Å². The Hall–Kier alpha value is -1.11. The van der Waals surface area contributed by atoms with E-state index in [9.17, 15) is 4.79 Å². The van der Waals surface area contributed by atoms with Gasteiger partial charge in [-0.15, -0.1) is 0 Å². The Kier molecular flexibility index (Phi) is 5.09. The third-order valence-corrected chi connectivity index (χ3v) is 2.57. The van der Waals surface area contributed by atoms with Crippen molar-refractivity contribution in [3.63, 3.8) is 0 Å². The molecule has 0 aliphatic heterocycles. The van der Waals surface area contributed by atoms with Crippen molar-refractivity contribution < 1.29 is 4.79 Å². The molecule has 1 aromatic rings. The zero-order valence-electron chi connectivity index (χ0n) is 9.75. The predicted molar refractivity (Wildman–Crippen MR) is 64.0 cm³/mol. The Labute approximate surface area is 92.5 Å². The molecule has 1 heteroatoms. The maximum atomic E-state index is 11.3. The summed E-state index contributed by atoms with van der Waals surface area (Å²) in [6, 6.07) is 8.56. The monoisotopic (exact) mass is 204 g/mol. The van der Waals surface area contributed by atoms with Crippen molar-refractivity contribution in [2.24, 2.45) is 0 Å². The summed E-state index contributed by atoms with van der Waals surface area (Å²) in [4.78, 5) is 11.3. The lowest BCUT2D eigenvalue weighted by Gasteiger charge is -2.01. The highest BCUT2D eigenvalue weighted by Gasteiger charge is 2.00. The van der Waals surface area contributed by atoms with Gasteiger partial charge in [0, 0.05) is 12.8 Å². The van der Waals surface area contributed by atoms with Crippen molar-refractivity contribution in [2.45, 2.75) is 46.0 Å². The van der Waals surface area contributed by atoms with Crippen molar-refractivity contribution in [1.29, 1.82) is 0 Å². The van der Waals surface area contributed by atoms with Gasteiger partial charge in [-0.05, 0) is 31.7 Å². The average molecular weight is 204 g/mol. The smallest absolute Gasteiger partial charge is 0.132 e. The molecule has 1 nitrogen and oxygen atoms in total. The van der Waals surface area contributed by atoms with Crippen LogP contribution in [-0.2, 0) is 11.2 Å². The van der Waals surface area contributed by atoms with Crippen LogP contribution in [0.25, 0.3) is 0 Å². The molecule has 82 valence electrons. The zero-order chi connectivity index (χ0) is 11.1. The molecule has 0 amide bonds. The highest BCUT2D eigenvalue weighted by atomic mass is 16.1. The van der Waals surface area contributed by atoms with Crippen LogP contribution in [0.5, 0.6) is 0 Å². The molecule has 0 saturated heterocycles. The van der Waals surface area contributed by atoms with E-state index >= 15 is 0 Å². The number of hydrogen-bond acceptors (Lipinski definition) is 1. The van der Waals surface area contributed by atoms with Crippen LogP contribution in [0.2, 0.25) is 0 Å². The van der Waals surface area contributed by atoms with E-state index in [1.54, 1.807) is 0 Å². The van der Waals surface area contributed by atoms with Gasteiger partial charge in [0.25, 0.3) is 0 Å². The number of benzene rings is 1. The minimum absolute atomic E-state index is 0.407. The molecule has 0 fully saturated rings. The highest BCUT2D eigenvalue weighted by Crippen LogP contribution is 2.08. The van der Waals surface area contributed by atoms with Crippen LogP contribution in [0.3, 0.4) is 0 Å². The molecule has 0 spiro atoms. The van der Waals surface area contributed by atoms with Gasteiger partial charge in [-0.1, -0.05) is 36.8 Å². The van der Waals surface area contributed by atoms with E-state index in [1.807, 2.05) is 0 Å². The van der Waals surface area contributed by atoms with Gasteiger partial charge in [0.1, 0.15) is 5.78 Å². The number of carbonyl (C=O) groups is 1. The Balaban J connectivity index is 2.26. The second-order valence-corrected chi connectivity index (χ2v) is 4.13. The Morgan fingerprint density at radius 3 is 2.40 bits per heavy atom. The van der Waals surface area contributed by atoms with E-state index in [1.165, 1.54) is 11.1 Å². The van der Waals surface area contributed by atoms with E-state index in [2.05, 4.69) is 38.1 Å². The SMILES string of the molecule is CCCC(=O)CCCc1ccc(C)cc1. The number of rotatable bonds is 6. The second kappa shape index (κ2) is 6.39. The van der Waals surface area contributed by atoms with Crippen LogP contribution in [0, 0.1) is 6.92 Å². The fraction of sp³-hybridized carbons (Fsp3) is 0.500. The highest BCUT2D eigenvalue weighted by molar-refractivity contribution is 5.78. The molecule has 0 aromatic heterocycles. The molecule has 0 N–H and O–H groups in total. The minimum atomic E-state index is 0.407. The van der Waals surface area contributed by atoms with Crippen molar-refractivity contribution in [3.05, 3.63) is 35.4 Å². The van der Waals surface area contributed by atoms with Crippen molar-refractivity contribution in [1.82, 2.24) is 0 Å². The van der Waals surface area contributed by atoms with Crippen LogP contribution in [-0.4, -0.2) is 5.78 Å². The third kappa shape index (κ3) is 4.78. The largest absolute Gasteiger partial charge is 0.300 e. The standard InChI is InChI=1S/C14H20O/c1-3-5-14(15)7-4-6-13-10-8-12(2)9-11-13/h8-11H,3-7H2,1-2H3. The lowest BCUT2D eigenvalue weighted by atomic mass is 10.0. The summed E-state index contributed by atoms with van der Waals surface area (Å²) < 4.78 is 0. The Morgan fingerprint density at radius 2 is 1.80 bits per heavy atom. The van der Waals surface area contributed by atoms with Gasteiger partial charge < -0.3 is 0 Å². The zero-order valence-corrected chi connectivity index (χ0v) is 9.75. The molecular weight excluding hydrogens is 184 g/mol. The van der Waals surface area contributed by atoms with Crippen LogP contribution in [0.15, 0.2) is 24.3 Å². The molecule has 0 aliphatic carbocycles. The molecule has 0 bridgehead atoms. The summed E-state index contributed by atoms with van der Waals surface area (Å²) in [6.07, 6.45) is 4.47. The lowest BCUT2D eigenvalue weighted by Crippen LogP contribution is -1.97. The maximum Gasteiger partial charge on any atom is 0.132 e. The first kappa shape index (κ1) is 12.0. The summed E-state index contributed by atoms with van der Waals surface area (Å²) in [5.74, 6) is 0.407. The molecule has 0 aliphatic rings. The average Bonchev–Trinajstić information content (AvgIpc) is 2.21. The van der Waals surface area contributed by atoms with Crippen molar-refractivity contribution >= 4 is 5.78 Å². The van der Waals surface area contributed by atoms with E-state index in [4.69, 9.17) is 0 Å². The third-order valence-electron chi connectivity index (χ3n) is 2.57. The van der Waals surface area contributed by atoms with Gasteiger partial charge in [0.15, 0.2) is 0 Å². The minimum Gasteiger partial charge on any atom is -0.300 e. The molecule has 15 heavy (non-hydrogen) atoms. The van der Waals surface area contributed by atoms with Crippen LogP contribution >= 0.6 is 0 Å². The summed E-state index contributed by atoms with van der Waals surface area (Å²) in [5, 5.41) is 0. The Bertz CT molecular complexity index is 298. The van der Waals surface area contributed by atoms with Crippen LogP contribution in [0.4, 0.5) is 0 Å². The number of hydrogen-bond donors (Lipinski definition) is 0. The number of aryl methyl sites for hydroxylation is 2. The number of ketones is 1. The second-order valence-electron chi connectivity index (χ2n) is 4.13. The lowest BCUT2D eigenvalue weighted by molar-refractivity contribution is -0.119. The molecule has 0 heterocycles. The van der Waals surface area contributed by atoms with Crippen molar-refractivity contribution in [3.8, 4) is 0 Å². The molecule has 1 rings (SSSR count). The first-order valence-electron chi connectivity index (χ1n) is 5.79. The topological polar surface area (TPSA) is 17.1 Å². The first-order chi connectivity index (χ1) is 7.22. The quantitative estimate of drug-likeness (QED) is 0.690. The van der Waals surface area contributed by atoms with Crippen LogP contribution in [0.1, 0.15) is 43.7 Å². The summed E-state index contributed by atoms with van der Waals surface area (Å²) in [5.41, 5.74) is 2.63. The maximum absolute atomic E-state index is 11.3. The molecule has 1 aromatic carbocycles.